The van der Waals surface area contributed by atoms with Crippen LogP contribution in [-0.4, -0.2) is 0 Å². The molecule has 0 aliphatic heterocycles. The highest BCUT2D eigenvalue weighted by atomic mass is 14.1. The van der Waals surface area contributed by atoms with Crippen LogP contribution >= 0.6 is 0 Å². The molecule has 0 rings (SSSR count). The Balaban J connectivity index is 3.05. The van der Waals surface area contributed by atoms with Crippen molar-refractivity contribution in [2.24, 2.45) is 5.92 Å². The maximum Gasteiger partial charge on any atom is -0.0471 e. The van der Waals surface area contributed by atoms with E-state index in [0.29, 0.717) is 0 Å². The largest absolute Gasteiger partial charge is 0.0654 e. The molecule has 0 N–H and O–H groups in total. The van der Waals surface area contributed by atoms with Gasteiger partial charge in [0.05, 0.1) is 0 Å². The molecular weight excluding hydrogens is 673 g/mol. The lowest BCUT2D eigenvalue weighted by atomic mass is 10.0. The summed E-state index contributed by atoms with van der Waals surface area (Å²) < 4.78 is 0. The normalized spacial score (nSPS) is 11.8. The van der Waals surface area contributed by atoms with Crippen LogP contribution in [0.15, 0.2) is 0 Å². The zero-order chi connectivity index (χ0) is 40.3. The Bertz CT molecular complexity index is 634. The quantitative estimate of drug-likeness (QED) is 0.0539. The molecule has 0 aromatic rings. The molecule has 0 heteroatoms. The second-order valence-electron chi connectivity index (χ2n) is 19.9. The molecule has 0 saturated carbocycles. The van der Waals surface area contributed by atoms with Crippen LogP contribution in [0.4, 0.5) is 0 Å². The third-order valence-electron chi connectivity index (χ3n) is 13.4. The van der Waals surface area contributed by atoms with Gasteiger partial charge in [-0.3, -0.25) is 0 Å². The van der Waals surface area contributed by atoms with E-state index in [0.717, 1.165) is 5.92 Å². The smallest absolute Gasteiger partial charge is 0.0471 e. The summed E-state index contributed by atoms with van der Waals surface area (Å²) in [7, 11) is 0. The zero-order valence-corrected chi connectivity index (χ0v) is 40.3. The van der Waals surface area contributed by atoms with Gasteiger partial charge in [-0.05, 0) is 5.92 Å². The molecule has 0 aliphatic rings. The lowest BCUT2D eigenvalue weighted by Gasteiger charge is -2.05. The van der Waals surface area contributed by atoms with Gasteiger partial charge in [-0.2, -0.15) is 0 Å². The summed E-state index contributed by atoms with van der Waals surface area (Å²) in [6.07, 6.45) is 77.4. The topological polar surface area (TPSA) is 0 Å². The van der Waals surface area contributed by atoms with E-state index in [1.807, 2.05) is 0 Å². The monoisotopic (exact) mass is 787 g/mol. The Morgan fingerprint density at radius 3 is 0.375 bits per heavy atom. The third-order valence-corrected chi connectivity index (χ3v) is 13.4. The van der Waals surface area contributed by atoms with Gasteiger partial charge in [0, 0.05) is 0 Å². The molecular formula is C56H114. The Kier molecular flexibility index (Phi) is 53.0. The highest BCUT2D eigenvalue weighted by molar-refractivity contribution is 4.55. The maximum atomic E-state index is 2.35. The molecule has 0 saturated heterocycles. The highest BCUT2D eigenvalue weighted by Crippen LogP contribution is 2.19. The van der Waals surface area contributed by atoms with Gasteiger partial charge in [-0.25, -0.2) is 0 Å². The van der Waals surface area contributed by atoms with Crippen molar-refractivity contribution in [1.29, 1.82) is 0 Å². The molecule has 0 bridgehead atoms. The van der Waals surface area contributed by atoms with Crippen molar-refractivity contribution in [3.63, 3.8) is 0 Å². The van der Waals surface area contributed by atoms with Crippen molar-refractivity contribution >= 4 is 0 Å². The summed E-state index contributed by atoms with van der Waals surface area (Å²) in [5.74, 6) is 0.895. The van der Waals surface area contributed by atoms with Crippen LogP contribution in [0.1, 0.15) is 355 Å². The number of rotatable bonds is 52. The molecule has 0 unspecified atom stereocenters. The van der Waals surface area contributed by atoms with Gasteiger partial charge in [-0.1, -0.05) is 355 Å². The van der Waals surface area contributed by atoms with Crippen LogP contribution in [0.25, 0.3) is 0 Å². The van der Waals surface area contributed by atoms with Gasteiger partial charge in [0.25, 0.3) is 0 Å². The molecule has 0 aromatic heterocycles. The summed E-state index contributed by atoms with van der Waals surface area (Å²) in [6.45, 7) is 7.02. The summed E-state index contributed by atoms with van der Waals surface area (Å²) in [5, 5.41) is 0. The third kappa shape index (κ3) is 54.0. The predicted molar refractivity (Wildman–Crippen MR) is 261 cm³/mol. The Morgan fingerprint density at radius 1 is 0.161 bits per heavy atom. The minimum absolute atomic E-state index is 0.895. The maximum absolute atomic E-state index is 2.35. The van der Waals surface area contributed by atoms with Gasteiger partial charge in [-0.15, -0.1) is 0 Å². The lowest BCUT2D eigenvalue weighted by Crippen LogP contribution is -1.87. The molecule has 0 fully saturated rings. The Labute approximate surface area is 359 Å². The fourth-order valence-electron chi connectivity index (χ4n) is 9.29. The van der Waals surface area contributed by atoms with Crippen molar-refractivity contribution in [2.45, 2.75) is 355 Å². The number of hydrogen-bond acceptors (Lipinski definition) is 0. The second kappa shape index (κ2) is 53.0. The van der Waals surface area contributed by atoms with Crippen molar-refractivity contribution in [3.05, 3.63) is 0 Å². The summed E-state index contributed by atoms with van der Waals surface area (Å²) in [4.78, 5) is 0. The summed E-state index contributed by atoms with van der Waals surface area (Å²) in [6, 6.07) is 0. The Hall–Kier alpha value is 0. The molecule has 0 nitrogen and oxygen atoms in total. The van der Waals surface area contributed by atoms with Crippen LogP contribution in [-0.2, 0) is 0 Å². The van der Waals surface area contributed by atoms with Crippen molar-refractivity contribution in [3.8, 4) is 0 Å². The molecule has 0 amide bonds. The van der Waals surface area contributed by atoms with Crippen LogP contribution < -0.4 is 0 Å². The van der Waals surface area contributed by atoms with Crippen LogP contribution in [0.3, 0.4) is 0 Å². The minimum atomic E-state index is 0.895. The van der Waals surface area contributed by atoms with Gasteiger partial charge < -0.3 is 0 Å². The molecule has 338 valence electrons. The predicted octanol–water partition coefficient (Wildman–Crippen LogP) is 21.9. The fourth-order valence-corrected chi connectivity index (χ4v) is 9.29. The van der Waals surface area contributed by atoms with Crippen LogP contribution in [0.2, 0.25) is 0 Å². The Morgan fingerprint density at radius 2 is 0.268 bits per heavy atom. The van der Waals surface area contributed by atoms with E-state index in [9.17, 15) is 0 Å². The highest BCUT2D eigenvalue weighted by Gasteiger charge is 2.00. The van der Waals surface area contributed by atoms with Gasteiger partial charge in [0.15, 0.2) is 0 Å². The van der Waals surface area contributed by atoms with Crippen LogP contribution in [0.5, 0.6) is 0 Å². The minimum Gasteiger partial charge on any atom is -0.0654 e. The average Bonchev–Trinajstić information content (AvgIpc) is 3.20. The van der Waals surface area contributed by atoms with Crippen LogP contribution in [0, 0.1) is 5.92 Å². The first kappa shape index (κ1) is 56.0. The first-order valence-corrected chi connectivity index (χ1v) is 27.8. The van der Waals surface area contributed by atoms with E-state index in [2.05, 4.69) is 20.8 Å². The summed E-state index contributed by atoms with van der Waals surface area (Å²) >= 11 is 0. The first-order chi connectivity index (χ1) is 27.8. The first-order valence-electron chi connectivity index (χ1n) is 27.8. The standard InChI is InChI=1S/C56H114/c1-4-5-6-7-8-9-10-11-12-13-14-15-16-17-18-19-20-21-22-23-24-25-26-27-28-29-30-31-32-33-34-35-36-37-38-39-40-41-42-43-44-45-46-47-48-49-50-51-52-53-54-55-56(2)3/h56H,4-55H2,1-3H3. The van der Waals surface area contributed by atoms with Gasteiger partial charge >= 0.3 is 0 Å². The van der Waals surface area contributed by atoms with E-state index < -0.39 is 0 Å². The van der Waals surface area contributed by atoms with E-state index in [1.165, 1.54) is 334 Å². The molecule has 0 aromatic carbocycles. The number of hydrogen-bond donors (Lipinski definition) is 0. The zero-order valence-electron chi connectivity index (χ0n) is 40.3. The molecule has 0 aliphatic carbocycles. The molecule has 0 spiro atoms. The molecule has 56 heavy (non-hydrogen) atoms. The van der Waals surface area contributed by atoms with Crippen molar-refractivity contribution in [2.75, 3.05) is 0 Å². The van der Waals surface area contributed by atoms with E-state index in [-0.39, 0.29) is 0 Å². The SMILES string of the molecule is CCCCCCCCCCCCCCCCCCCCCCCCCCCCCCCCCCCCCCCCCCCCCCCCCCCCCC(C)C. The fraction of sp³-hybridized carbons (Fsp3) is 1.00. The van der Waals surface area contributed by atoms with Gasteiger partial charge in [0.2, 0.25) is 0 Å². The van der Waals surface area contributed by atoms with Crippen molar-refractivity contribution < 1.29 is 0 Å². The number of unbranched alkanes of at least 4 members (excludes halogenated alkanes) is 50. The van der Waals surface area contributed by atoms with E-state index in [4.69, 9.17) is 0 Å². The van der Waals surface area contributed by atoms with E-state index >= 15 is 0 Å². The van der Waals surface area contributed by atoms with Gasteiger partial charge in [0.1, 0.15) is 0 Å². The van der Waals surface area contributed by atoms with E-state index in [1.54, 1.807) is 0 Å². The average molecular weight is 788 g/mol. The lowest BCUT2D eigenvalue weighted by molar-refractivity contribution is 0.500. The van der Waals surface area contributed by atoms with Crippen molar-refractivity contribution in [1.82, 2.24) is 0 Å². The molecule has 0 radical (unpaired) electrons. The molecule has 0 heterocycles. The summed E-state index contributed by atoms with van der Waals surface area (Å²) in [5.41, 5.74) is 0. The second-order valence-corrected chi connectivity index (χ2v) is 19.9. The molecule has 0 atom stereocenters.